The number of carboxylic acids is 1. The van der Waals surface area contributed by atoms with Crippen LogP contribution in [0.25, 0.3) is 0 Å². The highest BCUT2D eigenvalue weighted by Gasteiger charge is 2.90. The molecule has 4 atom stereocenters. The van der Waals surface area contributed by atoms with Gasteiger partial charge in [0.05, 0.1) is 0 Å². The van der Waals surface area contributed by atoms with Gasteiger partial charge < -0.3 is 10.0 Å². The van der Waals surface area contributed by atoms with Crippen molar-refractivity contribution in [1.29, 1.82) is 0 Å². The zero-order chi connectivity index (χ0) is 21.9. The van der Waals surface area contributed by atoms with Crippen LogP contribution in [0.4, 0.5) is 4.39 Å². The van der Waals surface area contributed by atoms with Gasteiger partial charge in [0.1, 0.15) is 12.2 Å². The summed E-state index contributed by atoms with van der Waals surface area (Å²) in [6.07, 6.45) is 0.539. The van der Waals surface area contributed by atoms with Crippen molar-refractivity contribution in [2.75, 3.05) is 13.1 Å². The highest BCUT2D eigenvalue weighted by atomic mass is 19.1. The summed E-state index contributed by atoms with van der Waals surface area (Å²) in [7, 11) is 0. The largest absolute Gasteiger partial charge is 0.476 e. The monoisotopic (exact) mass is 423 g/mol. The van der Waals surface area contributed by atoms with Gasteiger partial charge >= 0.3 is 5.97 Å². The van der Waals surface area contributed by atoms with E-state index in [1.807, 2.05) is 32.0 Å². The normalized spacial score (nSPS) is 31.2. The van der Waals surface area contributed by atoms with Gasteiger partial charge in [-0.05, 0) is 47.8 Å². The lowest BCUT2D eigenvalue weighted by molar-refractivity contribution is -0.134. The molecule has 1 N–H and O–H groups in total. The maximum absolute atomic E-state index is 15.8. The Morgan fingerprint density at radius 2 is 1.90 bits per heavy atom. The lowest BCUT2D eigenvalue weighted by Gasteiger charge is -2.37. The maximum atomic E-state index is 15.8. The average molecular weight is 423 g/mol. The Morgan fingerprint density at radius 1 is 1.23 bits per heavy atom. The first-order valence-corrected chi connectivity index (χ1v) is 11.1. The van der Waals surface area contributed by atoms with E-state index >= 15 is 4.39 Å². The standard InChI is InChI=1S/C24H26FN3O3/c1-12-5-4-6-14(13(12)2)24(25)7-9-27(10-8-24)15(29)11-28-21-16(20(26-28)22(30)31)17-18-19(21)23(17,18)3/h4-6,17-19H,7-11H2,1-3H3,(H,30,31)/t17-,18-,19?,23-/m0/s1. The molecule has 1 aromatic heterocycles. The van der Waals surface area contributed by atoms with Crippen LogP contribution in [-0.4, -0.2) is 44.8 Å². The molecule has 1 aromatic carbocycles. The third kappa shape index (κ3) is 2.29. The second-order valence-electron chi connectivity index (χ2n) is 10.1. The number of alkyl halides is 1. The SMILES string of the molecule is Cc1cccc(C2(F)CCN(C(=O)Cn3nc(C(=O)O)c4c3C3[C@@H]5[C@H]4[C@]35C)CC2)c1C. The van der Waals surface area contributed by atoms with Gasteiger partial charge in [-0.3, -0.25) is 9.48 Å². The van der Waals surface area contributed by atoms with Gasteiger partial charge in [-0.1, -0.05) is 25.1 Å². The zero-order valence-electron chi connectivity index (χ0n) is 18.0. The van der Waals surface area contributed by atoms with Gasteiger partial charge in [0.2, 0.25) is 5.91 Å². The minimum atomic E-state index is -1.42. The predicted molar refractivity (Wildman–Crippen MR) is 111 cm³/mol. The Kier molecular flexibility index (Phi) is 3.53. The third-order valence-electron chi connectivity index (χ3n) is 8.68. The summed E-state index contributed by atoms with van der Waals surface area (Å²) in [5.74, 6) is 0.0630. The van der Waals surface area contributed by atoms with Crippen LogP contribution in [0.1, 0.15) is 70.0 Å². The van der Waals surface area contributed by atoms with Crippen LogP contribution in [-0.2, 0) is 17.0 Å². The van der Waals surface area contributed by atoms with E-state index in [2.05, 4.69) is 12.0 Å². The Labute approximate surface area is 180 Å². The number of benzene rings is 1. The molecule has 1 saturated heterocycles. The molecule has 2 saturated carbocycles. The van der Waals surface area contributed by atoms with E-state index in [-0.39, 0.29) is 36.4 Å². The molecule has 162 valence electrons. The van der Waals surface area contributed by atoms with Gasteiger partial charge in [-0.15, -0.1) is 0 Å². The van der Waals surface area contributed by atoms with E-state index in [1.54, 1.807) is 9.58 Å². The van der Waals surface area contributed by atoms with Crippen molar-refractivity contribution < 1.29 is 19.1 Å². The van der Waals surface area contributed by atoms with E-state index in [1.165, 1.54) is 0 Å². The van der Waals surface area contributed by atoms with Gasteiger partial charge in [0.25, 0.3) is 0 Å². The number of likely N-dealkylation sites (tertiary alicyclic amines) is 1. The first-order valence-electron chi connectivity index (χ1n) is 11.1. The smallest absolute Gasteiger partial charge is 0.356 e. The molecule has 2 aromatic rings. The molecular formula is C24H26FN3O3. The van der Waals surface area contributed by atoms with Crippen molar-refractivity contribution in [3.8, 4) is 0 Å². The molecule has 1 unspecified atom stereocenters. The summed E-state index contributed by atoms with van der Waals surface area (Å²) in [6.45, 7) is 6.87. The van der Waals surface area contributed by atoms with E-state index < -0.39 is 11.6 Å². The van der Waals surface area contributed by atoms with Gasteiger partial charge in [0.15, 0.2) is 5.69 Å². The fraction of sp³-hybridized carbons (Fsp3) is 0.542. The quantitative estimate of drug-likeness (QED) is 0.817. The molecule has 2 bridgehead atoms. The highest BCUT2D eigenvalue weighted by molar-refractivity contribution is 5.90. The number of carbonyl (C=O) groups is 2. The molecule has 4 aliphatic carbocycles. The van der Waals surface area contributed by atoms with Gasteiger partial charge in [-0.25, -0.2) is 9.18 Å². The van der Waals surface area contributed by atoms with Crippen LogP contribution >= 0.6 is 0 Å². The summed E-state index contributed by atoms with van der Waals surface area (Å²) in [6, 6.07) is 5.74. The summed E-state index contributed by atoms with van der Waals surface area (Å²) in [4.78, 5) is 26.4. The van der Waals surface area contributed by atoms with Crippen LogP contribution in [0.2, 0.25) is 0 Å². The van der Waals surface area contributed by atoms with Gasteiger partial charge in [0, 0.05) is 43.1 Å². The minimum Gasteiger partial charge on any atom is -0.476 e. The number of amides is 1. The van der Waals surface area contributed by atoms with Crippen LogP contribution < -0.4 is 0 Å². The molecule has 1 aliphatic heterocycles. The zero-order valence-corrected chi connectivity index (χ0v) is 18.0. The van der Waals surface area contributed by atoms with E-state index in [4.69, 9.17) is 0 Å². The third-order valence-corrected chi connectivity index (χ3v) is 8.68. The average Bonchev–Trinajstić information content (AvgIpc) is 3.28. The summed E-state index contributed by atoms with van der Waals surface area (Å²) >= 11 is 0. The van der Waals surface area contributed by atoms with E-state index in [0.717, 1.165) is 27.9 Å². The number of aromatic nitrogens is 2. The predicted octanol–water partition coefficient (Wildman–Crippen LogP) is 3.52. The Bertz CT molecular complexity index is 1160. The summed E-state index contributed by atoms with van der Waals surface area (Å²) in [5.41, 5.74) is 3.48. The fourth-order valence-electron chi connectivity index (χ4n) is 6.60. The van der Waals surface area contributed by atoms with Crippen LogP contribution in [0, 0.1) is 25.2 Å². The first-order chi connectivity index (χ1) is 14.7. The van der Waals surface area contributed by atoms with Crippen molar-refractivity contribution in [2.24, 2.45) is 11.3 Å². The summed E-state index contributed by atoms with van der Waals surface area (Å²) in [5, 5.41) is 13.9. The Hall–Kier alpha value is -2.70. The Balaban J connectivity index is 1.19. The molecule has 3 fully saturated rings. The Morgan fingerprint density at radius 3 is 2.55 bits per heavy atom. The first kappa shape index (κ1) is 19.0. The number of carbonyl (C=O) groups excluding carboxylic acids is 1. The molecule has 7 rings (SSSR count). The fourth-order valence-corrected chi connectivity index (χ4v) is 6.60. The number of hydrogen-bond donors (Lipinski definition) is 1. The number of rotatable bonds is 4. The molecular weight excluding hydrogens is 397 g/mol. The van der Waals surface area contributed by atoms with Crippen molar-refractivity contribution in [1.82, 2.24) is 14.7 Å². The maximum Gasteiger partial charge on any atom is 0.356 e. The van der Waals surface area contributed by atoms with Crippen LogP contribution in [0.3, 0.4) is 0 Å². The molecule has 5 aliphatic rings. The van der Waals surface area contributed by atoms with Gasteiger partial charge in [-0.2, -0.15) is 5.10 Å². The van der Waals surface area contributed by atoms with Crippen molar-refractivity contribution in [2.45, 2.75) is 57.7 Å². The number of nitrogens with zero attached hydrogens (tertiary/aromatic N) is 3. The highest BCUT2D eigenvalue weighted by Crippen LogP contribution is 2.96. The lowest BCUT2D eigenvalue weighted by Crippen LogP contribution is -2.45. The van der Waals surface area contributed by atoms with E-state index in [0.29, 0.717) is 30.8 Å². The van der Waals surface area contributed by atoms with Crippen LogP contribution in [0.15, 0.2) is 18.2 Å². The number of aromatic carboxylic acids is 1. The second kappa shape index (κ2) is 5.75. The molecule has 0 spiro atoms. The molecule has 31 heavy (non-hydrogen) atoms. The van der Waals surface area contributed by atoms with Crippen LogP contribution in [0.5, 0.6) is 0 Å². The number of aryl methyl sites for hydroxylation is 1. The molecule has 7 heteroatoms. The number of hydrogen-bond acceptors (Lipinski definition) is 3. The topological polar surface area (TPSA) is 75.4 Å². The minimum absolute atomic E-state index is 0.0321. The van der Waals surface area contributed by atoms with E-state index in [9.17, 15) is 14.7 Å². The van der Waals surface area contributed by atoms with Crippen molar-refractivity contribution in [3.63, 3.8) is 0 Å². The second-order valence-corrected chi connectivity index (χ2v) is 10.1. The molecule has 0 radical (unpaired) electrons. The van der Waals surface area contributed by atoms with Crippen molar-refractivity contribution >= 4 is 11.9 Å². The molecule has 6 nitrogen and oxygen atoms in total. The summed E-state index contributed by atoms with van der Waals surface area (Å²) < 4.78 is 17.4. The lowest BCUT2D eigenvalue weighted by atomic mass is 9.82. The van der Waals surface area contributed by atoms with Crippen molar-refractivity contribution in [3.05, 3.63) is 51.8 Å². The number of piperidine rings is 1. The number of carboxylic acid groups (broad SMARTS) is 1. The molecule has 1 amide bonds. The number of halogens is 1. The molecule has 2 heterocycles.